The third kappa shape index (κ3) is 3.35. The summed E-state index contributed by atoms with van der Waals surface area (Å²) in [6.45, 7) is 6.87. The number of piperidine rings is 1. The molecule has 1 amide bonds. The number of aromatic nitrogens is 5. The Morgan fingerprint density at radius 2 is 1.87 bits per heavy atom. The molecular formula is C22H27N7O. The maximum atomic E-state index is 12.7. The van der Waals surface area contributed by atoms with Gasteiger partial charge in [-0.2, -0.15) is 9.61 Å². The largest absolute Gasteiger partial charge is 0.339 e. The lowest BCUT2D eigenvalue weighted by atomic mass is 9.94. The van der Waals surface area contributed by atoms with Crippen LogP contribution in [0.2, 0.25) is 0 Å². The van der Waals surface area contributed by atoms with Crippen molar-refractivity contribution in [3.05, 3.63) is 42.5 Å². The summed E-state index contributed by atoms with van der Waals surface area (Å²) >= 11 is 0. The number of rotatable bonds is 4. The summed E-state index contributed by atoms with van der Waals surface area (Å²) in [5, 5.41) is 13.6. The molecule has 3 aromatic rings. The molecule has 8 nitrogen and oxygen atoms in total. The maximum Gasteiger partial charge on any atom is 0.240 e. The summed E-state index contributed by atoms with van der Waals surface area (Å²) in [7, 11) is 0. The summed E-state index contributed by atoms with van der Waals surface area (Å²) in [5.41, 5.74) is 2.60. The Morgan fingerprint density at radius 1 is 1.03 bits per heavy atom. The number of carbonyl (C=O) groups excluding carboxylic acids is 1. The van der Waals surface area contributed by atoms with Crippen molar-refractivity contribution in [3.8, 4) is 11.3 Å². The Labute approximate surface area is 175 Å². The number of hydrogen-bond acceptors (Lipinski definition) is 6. The summed E-state index contributed by atoms with van der Waals surface area (Å²) < 4.78 is 1.88. The smallest absolute Gasteiger partial charge is 0.240 e. The standard InChI is InChI=1S/C22H27N7O/c1-15(2)28-13-9-19(22(28)30)27-11-7-16(8-12-27)21-25-24-20-6-5-18(26-29(20)21)17-4-3-10-23-14-17/h3-6,10,14-16,19H,7-9,11-13H2,1-2H3. The fourth-order valence-corrected chi connectivity index (χ4v) is 4.74. The van der Waals surface area contributed by atoms with Crippen LogP contribution in [0.5, 0.6) is 0 Å². The van der Waals surface area contributed by atoms with Crippen LogP contribution < -0.4 is 0 Å². The zero-order valence-corrected chi connectivity index (χ0v) is 17.5. The molecule has 3 aromatic heterocycles. The fraction of sp³-hybridized carbons (Fsp3) is 0.500. The van der Waals surface area contributed by atoms with E-state index in [0.717, 1.165) is 61.6 Å². The number of carbonyl (C=O) groups is 1. The number of likely N-dealkylation sites (tertiary alicyclic amines) is 2. The average Bonchev–Trinajstić information content (AvgIpc) is 3.37. The van der Waals surface area contributed by atoms with Gasteiger partial charge in [0.05, 0.1) is 11.7 Å². The van der Waals surface area contributed by atoms with Gasteiger partial charge in [0.2, 0.25) is 5.91 Å². The predicted octanol–water partition coefficient (Wildman–Crippen LogP) is 2.38. The van der Waals surface area contributed by atoms with Crippen molar-refractivity contribution in [2.24, 2.45) is 0 Å². The van der Waals surface area contributed by atoms with Gasteiger partial charge in [-0.3, -0.25) is 14.7 Å². The minimum absolute atomic E-state index is 0.0406. The van der Waals surface area contributed by atoms with Gasteiger partial charge in [0.1, 0.15) is 0 Å². The maximum absolute atomic E-state index is 12.7. The first-order valence-electron chi connectivity index (χ1n) is 10.8. The summed E-state index contributed by atoms with van der Waals surface area (Å²) in [5.74, 6) is 1.50. The Balaban J connectivity index is 1.32. The van der Waals surface area contributed by atoms with Crippen LogP contribution in [0.1, 0.15) is 44.9 Å². The van der Waals surface area contributed by atoms with E-state index >= 15 is 0 Å². The topological polar surface area (TPSA) is 79.5 Å². The van der Waals surface area contributed by atoms with E-state index in [1.165, 1.54) is 0 Å². The molecule has 5 heterocycles. The second-order valence-electron chi connectivity index (χ2n) is 8.53. The number of amides is 1. The summed E-state index contributed by atoms with van der Waals surface area (Å²) in [6, 6.07) is 8.15. The van der Waals surface area contributed by atoms with Crippen LogP contribution in [0, 0.1) is 0 Å². The van der Waals surface area contributed by atoms with Crippen molar-refractivity contribution in [1.29, 1.82) is 0 Å². The molecule has 0 aromatic carbocycles. The summed E-state index contributed by atoms with van der Waals surface area (Å²) in [6.07, 6.45) is 6.44. The molecule has 2 aliphatic rings. The van der Waals surface area contributed by atoms with E-state index in [1.807, 2.05) is 39.9 Å². The highest BCUT2D eigenvalue weighted by molar-refractivity contribution is 5.84. The third-order valence-corrected chi connectivity index (χ3v) is 6.41. The Hall–Kier alpha value is -2.87. The van der Waals surface area contributed by atoms with Gasteiger partial charge < -0.3 is 4.90 Å². The molecule has 2 saturated heterocycles. The minimum Gasteiger partial charge on any atom is -0.339 e. The van der Waals surface area contributed by atoms with Crippen molar-refractivity contribution >= 4 is 11.6 Å². The van der Waals surface area contributed by atoms with Crippen LogP contribution in [0.25, 0.3) is 16.9 Å². The lowest BCUT2D eigenvalue weighted by Gasteiger charge is -2.34. The molecule has 2 fully saturated rings. The van der Waals surface area contributed by atoms with Crippen molar-refractivity contribution in [3.63, 3.8) is 0 Å². The van der Waals surface area contributed by atoms with Gasteiger partial charge in [0, 0.05) is 36.5 Å². The molecule has 0 saturated carbocycles. The average molecular weight is 406 g/mol. The number of pyridine rings is 1. The monoisotopic (exact) mass is 405 g/mol. The van der Waals surface area contributed by atoms with Gasteiger partial charge >= 0.3 is 0 Å². The molecule has 0 bridgehead atoms. The molecule has 2 aliphatic heterocycles. The molecule has 30 heavy (non-hydrogen) atoms. The van der Waals surface area contributed by atoms with Crippen LogP contribution in [-0.2, 0) is 4.79 Å². The fourth-order valence-electron chi connectivity index (χ4n) is 4.74. The van der Waals surface area contributed by atoms with Crippen molar-refractivity contribution in [2.75, 3.05) is 19.6 Å². The second-order valence-corrected chi connectivity index (χ2v) is 8.53. The van der Waals surface area contributed by atoms with Crippen LogP contribution in [0.4, 0.5) is 0 Å². The minimum atomic E-state index is 0.0406. The van der Waals surface area contributed by atoms with Crippen LogP contribution in [0.15, 0.2) is 36.7 Å². The third-order valence-electron chi connectivity index (χ3n) is 6.41. The van der Waals surface area contributed by atoms with Crippen LogP contribution >= 0.6 is 0 Å². The van der Waals surface area contributed by atoms with Crippen molar-refractivity contribution in [1.82, 2.24) is 34.6 Å². The number of nitrogens with zero attached hydrogens (tertiary/aromatic N) is 7. The van der Waals surface area contributed by atoms with E-state index in [4.69, 9.17) is 5.10 Å². The lowest BCUT2D eigenvalue weighted by molar-refractivity contribution is -0.133. The molecule has 1 unspecified atom stereocenters. The SMILES string of the molecule is CC(C)N1CCC(N2CCC(c3nnc4ccc(-c5cccnc5)nn34)CC2)C1=O. The van der Waals surface area contributed by atoms with Crippen LogP contribution in [-0.4, -0.2) is 72.2 Å². The zero-order valence-electron chi connectivity index (χ0n) is 17.5. The van der Waals surface area contributed by atoms with Gasteiger partial charge in [0.15, 0.2) is 11.5 Å². The normalized spacial score (nSPS) is 21.2. The van der Waals surface area contributed by atoms with Crippen molar-refractivity contribution < 1.29 is 4.79 Å². The van der Waals surface area contributed by atoms with E-state index in [-0.39, 0.29) is 12.1 Å². The van der Waals surface area contributed by atoms with Crippen molar-refractivity contribution in [2.45, 2.75) is 51.1 Å². The second kappa shape index (κ2) is 7.75. The molecular weight excluding hydrogens is 378 g/mol. The van der Waals surface area contributed by atoms with Gasteiger partial charge in [0.25, 0.3) is 0 Å². The summed E-state index contributed by atoms with van der Waals surface area (Å²) in [4.78, 5) is 21.3. The molecule has 8 heteroatoms. The van der Waals surface area contributed by atoms with E-state index in [9.17, 15) is 4.79 Å². The lowest BCUT2D eigenvalue weighted by Crippen LogP contribution is -2.46. The Bertz CT molecular complexity index is 1040. The predicted molar refractivity (Wildman–Crippen MR) is 113 cm³/mol. The molecule has 0 radical (unpaired) electrons. The zero-order chi connectivity index (χ0) is 20.7. The highest BCUT2D eigenvalue weighted by Crippen LogP contribution is 2.30. The highest BCUT2D eigenvalue weighted by atomic mass is 16.2. The number of hydrogen-bond donors (Lipinski definition) is 0. The van der Waals surface area contributed by atoms with E-state index in [1.54, 1.807) is 6.20 Å². The van der Waals surface area contributed by atoms with Gasteiger partial charge in [-0.25, -0.2) is 0 Å². The number of fused-ring (bicyclic) bond motifs is 1. The first-order chi connectivity index (χ1) is 14.6. The molecule has 5 rings (SSSR count). The Morgan fingerprint density at radius 3 is 2.57 bits per heavy atom. The molecule has 0 spiro atoms. The Kier molecular flexibility index (Phi) is 4.94. The molecule has 0 N–H and O–H groups in total. The van der Waals surface area contributed by atoms with Crippen LogP contribution in [0.3, 0.4) is 0 Å². The quantitative estimate of drug-likeness (QED) is 0.663. The van der Waals surface area contributed by atoms with E-state index in [0.29, 0.717) is 11.8 Å². The first-order valence-corrected chi connectivity index (χ1v) is 10.8. The molecule has 0 aliphatic carbocycles. The first kappa shape index (κ1) is 19.1. The van der Waals surface area contributed by atoms with E-state index in [2.05, 4.69) is 33.9 Å². The molecule has 1 atom stereocenters. The van der Waals surface area contributed by atoms with Gasteiger partial charge in [-0.15, -0.1) is 10.2 Å². The van der Waals surface area contributed by atoms with Gasteiger partial charge in [-0.1, -0.05) is 0 Å². The van der Waals surface area contributed by atoms with Gasteiger partial charge in [-0.05, 0) is 70.5 Å². The van der Waals surface area contributed by atoms with E-state index < -0.39 is 0 Å². The molecule has 156 valence electrons. The highest BCUT2D eigenvalue weighted by Gasteiger charge is 2.38.